The van der Waals surface area contributed by atoms with Gasteiger partial charge in [-0.3, -0.25) is 9.59 Å². The Bertz CT molecular complexity index is 1030. The first-order chi connectivity index (χ1) is 14.9. The number of amides is 2. The Labute approximate surface area is 183 Å². The van der Waals surface area contributed by atoms with Crippen LogP contribution < -0.4 is 15.4 Å². The van der Waals surface area contributed by atoms with Gasteiger partial charge in [0.1, 0.15) is 5.75 Å². The molecule has 0 aliphatic rings. The predicted octanol–water partition coefficient (Wildman–Crippen LogP) is 5.07. The molecular formula is C26H28N2O3. The van der Waals surface area contributed by atoms with Crippen LogP contribution in [0.25, 0.3) is 0 Å². The number of carbonyl (C=O) groups excluding carboxylic acids is 2. The van der Waals surface area contributed by atoms with Crippen LogP contribution in [0.5, 0.6) is 5.75 Å². The largest absolute Gasteiger partial charge is 0.483 e. The van der Waals surface area contributed by atoms with Crippen molar-refractivity contribution in [1.29, 1.82) is 0 Å². The fourth-order valence-corrected chi connectivity index (χ4v) is 3.17. The molecule has 2 amide bonds. The van der Waals surface area contributed by atoms with E-state index in [4.69, 9.17) is 4.74 Å². The summed E-state index contributed by atoms with van der Waals surface area (Å²) in [7, 11) is 0. The molecule has 0 heterocycles. The Hall–Kier alpha value is -3.60. The van der Waals surface area contributed by atoms with E-state index in [1.165, 1.54) is 0 Å². The maximum atomic E-state index is 12.3. The zero-order valence-corrected chi connectivity index (χ0v) is 18.1. The van der Waals surface area contributed by atoms with Crippen LogP contribution in [0.1, 0.15) is 46.8 Å². The molecular weight excluding hydrogens is 388 g/mol. The minimum Gasteiger partial charge on any atom is -0.483 e. The molecule has 0 bridgehead atoms. The van der Waals surface area contributed by atoms with Crippen molar-refractivity contribution in [3.8, 4) is 5.75 Å². The number of hydrogen-bond donors (Lipinski definition) is 2. The highest BCUT2D eigenvalue weighted by Gasteiger charge is 2.11. The first-order valence-corrected chi connectivity index (χ1v) is 10.4. The van der Waals surface area contributed by atoms with E-state index in [1.54, 1.807) is 24.3 Å². The van der Waals surface area contributed by atoms with E-state index < -0.39 is 0 Å². The second-order valence-electron chi connectivity index (χ2n) is 7.78. The minimum atomic E-state index is -0.252. The Morgan fingerprint density at radius 3 is 2.32 bits per heavy atom. The van der Waals surface area contributed by atoms with Crippen molar-refractivity contribution in [1.82, 2.24) is 5.32 Å². The molecule has 0 aliphatic carbocycles. The molecule has 0 spiro atoms. The van der Waals surface area contributed by atoms with Crippen molar-refractivity contribution in [3.63, 3.8) is 0 Å². The van der Waals surface area contributed by atoms with Crippen molar-refractivity contribution in [2.45, 2.75) is 33.2 Å². The molecule has 0 aromatic heterocycles. The number of aryl methyl sites for hydroxylation is 1. The van der Waals surface area contributed by atoms with E-state index in [2.05, 4.69) is 24.5 Å². The molecule has 0 aliphatic heterocycles. The number of rotatable bonds is 8. The van der Waals surface area contributed by atoms with Crippen LogP contribution in [-0.2, 0) is 11.3 Å². The van der Waals surface area contributed by atoms with Crippen LogP contribution in [0.15, 0.2) is 72.8 Å². The molecule has 0 unspecified atom stereocenters. The van der Waals surface area contributed by atoms with Gasteiger partial charge in [0, 0.05) is 17.8 Å². The van der Waals surface area contributed by atoms with Crippen LogP contribution in [0.2, 0.25) is 0 Å². The van der Waals surface area contributed by atoms with E-state index in [0.29, 0.717) is 23.7 Å². The van der Waals surface area contributed by atoms with E-state index in [0.717, 1.165) is 22.4 Å². The number of anilines is 1. The quantitative estimate of drug-likeness (QED) is 0.539. The summed E-state index contributed by atoms with van der Waals surface area (Å²) in [6.07, 6.45) is 0. The van der Waals surface area contributed by atoms with Crippen LogP contribution >= 0.6 is 0 Å². The minimum absolute atomic E-state index is 0.0809. The van der Waals surface area contributed by atoms with Crippen LogP contribution in [0.3, 0.4) is 0 Å². The fourth-order valence-electron chi connectivity index (χ4n) is 3.17. The predicted molar refractivity (Wildman–Crippen MR) is 123 cm³/mol. The Morgan fingerprint density at radius 1 is 0.935 bits per heavy atom. The highest BCUT2D eigenvalue weighted by molar-refractivity contribution is 5.96. The number of hydrogen-bond acceptors (Lipinski definition) is 3. The van der Waals surface area contributed by atoms with Crippen LogP contribution in [0.4, 0.5) is 5.69 Å². The molecule has 31 heavy (non-hydrogen) atoms. The molecule has 0 atom stereocenters. The lowest BCUT2D eigenvalue weighted by Crippen LogP contribution is -2.23. The van der Waals surface area contributed by atoms with Crippen molar-refractivity contribution in [2.75, 3.05) is 11.9 Å². The molecule has 0 radical (unpaired) electrons. The summed E-state index contributed by atoms with van der Waals surface area (Å²) in [5, 5.41) is 5.69. The standard InChI is InChI=1S/C26H28N2O3/c1-18(2)23-14-9-19(3)15-24(23)31-17-25(29)28-22-12-10-21(11-13-22)26(30)27-16-20-7-5-4-6-8-20/h4-15,18H,16-17H2,1-3H3,(H,27,30)(H,28,29). The summed E-state index contributed by atoms with van der Waals surface area (Å²) in [6, 6.07) is 22.6. The van der Waals surface area contributed by atoms with Gasteiger partial charge in [0.05, 0.1) is 0 Å². The zero-order chi connectivity index (χ0) is 22.2. The maximum absolute atomic E-state index is 12.3. The molecule has 0 saturated carbocycles. The number of ether oxygens (including phenoxy) is 1. The van der Waals surface area contributed by atoms with Gasteiger partial charge in [0.25, 0.3) is 11.8 Å². The molecule has 0 saturated heterocycles. The lowest BCUT2D eigenvalue weighted by molar-refractivity contribution is -0.118. The second-order valence-corrected chi connectivity index (χ2v) is 7.78. The average molecular weight is 417 g/mol. The Morgan fingerprint density at radius 2 is 1.65 bits per heavy atom. The van der Waals surface area contributed by atoms with Crippen molar-refractivity contribution in [2.24, 2.45) is 0 Å². The van der Waals surface area contributed by atoms with Crippen LogP contribution in [0, 0.1) is 6.92 Å². The summed E-state index contributed by atoms with van der Waals surface area (Å²) < 4.78 is 5.77. The topological polar surface area (TPSA) is 67.4 Å². The molecule has 3 rings (SSSR count). The van der Waals surface area contributed by atoms with Gasteiger partial charge in [-0.2, -0.15) is 0 Å². The third-order valence-electron chi connectivity index (χ3n) is 4.88. The van der Waals surface area contributed by atoms with E-state index in [1.807, 2.05) is 55.5 Å². The lowest BCUT2D eigenvalue weighted by atomic mass is 10.0. The number of nitrogens with one attached hydrogen (secondary N) is 2. The second kappa shape index (κ2) is 10.4. The summed E-state index contributed by atoms with van der Waals surface area (Å²) in [4.78, 5) is 24.6. The van der Waals surface area contributed by atoms with Gasteiger partial charge in [-0.15, -0.1) is 0 Å². The van der Waals surface area contributed by atoms with Gasteiger partial charge >= 0.3 is 0 Å². The zero-order valence-electron chi connectivity index (χ0n) is 18.1. The number of benzene rings is 3. The highest BCUT2D eigenvalue weighted by Crippen LogP contribution is 2.27. The third-order valence-corrected chi connectivity index (χ3v) is 4.88. The first kappa shape index (κ1) is 22.1. The lowest BCUT2D eigenvalue weighted by Gasteiger charge is -2.15. The highest BCUT2D eigenvalue weighted by atomic mass is 16.5. The molecule has 160 valence electrons. The molecule has 3 aromatic carbocycles. The summed E-state index contributed by atoms with van der Waals surface area (Å²) in [6.45, 7) is 6.56. The third kappa shape index (κ3) is 6.44. The summed E-state index contributed by atoms with van der Waals surface area (Å²) >= 11 is 0. The van der Waals surface area contributed by atoms with E-state index in [-0.39, 0.29) is 18.4 Å². The monoisotopic (exact) mass is 416 g/mol. The van der Waals surface area contributed by atoms with Crippen molar-refractivity contribution >= 4 is 17.5 Å². The normalized spacial score (nSPS) is 10.6. The Kier molecular flexibility index (Phi) is 7.44. The molecule has 0 fully saturated rings. The molecule has 3 aromatic rings. The average Bonchev–Trinajstić information content (AvgIpc) is 2.77. The smallest absolute Gasteiger partial charge is 0.262 e. The van der Waals surface area contributed by atoms with Gasteiger partial charge in [-0.25, -0.2) is 0 Å². The SMILES string of the molecule is Cc1ccc(C(C)C)c(OCC(=O)Nc2ccc(C(=O)NCc3ccccc3)cc2)c1. The van der Waals surface area contributed by atoms with E-state index >= 15 is 0 Å². The first-order valence-electron chi connectivity index (χ1n) is 10.4. The van der Waals surface area contributed by atoms with Gasteiger partial charge < -0.3 is 15.4 Å². The molecule has 5 heteroatoms. The summed E-state index contributed by atoms with van der Waals surface area (Å²) in [5.41, 5.74) is 4.34. The van der Waals surface area contributed by atoms with Gasteiger partial charge in [0.2, 0.25) is 0 Å². The van der Waals surface area contributed by atoms with Crippen molar-refractivity contribution < 1.29 is 14.3 Å². The van der Waals surface area contributed by atoms with Gasteiger partial charge in [-0.05, 0) is 59.9 Å². The summed E-state index contributed by atoms with van der Waals surface area (Å²) in [5.74, 6) is 0.623. The van der Waals surface area contributed by atoms with E-state index in [9.17, 15) is 9.59 Å². The molecule has 5 nitrogen and oxygen atoms in total. The molecule has 2 N–H and O–H groups in total. The van der Waals surface area contributed by atoms with Gasteiger partial charge in [-0.1, -0.05) is 56.3 Å². The van der Waals surface area contributed by atoms with Gasteiger partial charge in [0.15, 0.2) is 6.61 Å². The van der Waals surface area contributed by atoms with Crippen molar-refractivity contribution in [3.05, 3.63) is 95.1 Å². The number of carbonyl (C=O) groups is 2. The maximum Gasteiger partial charge on any atom is 0.262 e. The van der Waals surface area contributed by atoms with Crippen LogP contribution in [-0.4, -0.2) is 18.4 Å². The fraction of sp³-hybridized carbons (Fsp3) is 0.231. The Balaban J connectivity index is 1.52.